The van der Waals surface area contributed by atoms with Gasteiger partial charge in [0, 0.05) is 47.7 Å². The first kappa shape index (κ1) is 24.2. The minimum atomic E-state index is -4.48. The number of carbonyl (C=O) groups excluding carboxylic acids is 2. The van der Waals surface area contributed by atoms with Crippen LogP contribution in [-0.4, -0.2) is 53.4 Å². The Balaban J connectivity index is 1.48. The molecule has 2 aliphatic heterocycles. The summed E-state index contributed by atoms with van der Waals surface area (Å²) in [4.78, 5) is 38.7. The summed E-state index contributed by atoms with van der Waals surface area (Å²) in [7, 11) is 1.99. The van der Waals surface area contributed by atoms with Crippen molar-refractivity contribution in [3.05, 3.63) is 70.8 Å². The summed E-state index contributed by atoms with van der Waals surface area (Å²) in [5, 5.41) is 2.79. The van der Waals surface area contributed by atoms with Crippen LogP contribution in [0.15, 0.2) is 48.7 Å². The first-order valence-electron chi connectivity index (χ1n) is 11.2. The Morgan fingerprint density at radius 2 is 1.92 bits per heavy atom. The Kier molecular flexibility index (Phi) is 6.17. The molecule has 0 bridgehead atoms. The van der Waals surface area contributed by atoms with E-state index in [2.05, 4.69) is 20.2 Å². The molecule has 1 N–H and O–H groups in total. The van der Waals surface area contributed by atoms with Crippen LogP contribution in [0.25, 0.3) is 11.1 Å². The zero-order valence-electron chi connectivity index (χ0n) is 19.1. The van der Waals surface area contributed by atoms with E-state index in [-0.39, 0.29) is 35.6 Å². The van der Waals surface area contributed by atoms with Crippen molar-refractivity contribution >= 4 is 34.8 Å². The predicted molar refractivity (Wildman–Crippen MR) is 129 cm³/mol. The number of anilines is 2. The van der Waals surface area contributed by atoms with Crippen molar-refractivity contribution < 1.29 is 22.8 Å². The van der Waals surface area contributed by atoms with Gasteiger partial charge in [-0.05, 0) is 43.4 Å². The Labute approximate surface area is 209 Å². The monoisotopic (exact) mass is 515 g/mol. The Hall–Kier alpha value is -3.50. The van der Waals surface area contributed by atoms with E-state index in [0.717, 1.165) is 30.9 Å². The molecule has 5 rings (SSSR count). The number of likely N-dealkylation sites (tertiary alicyclic amines) is 1. The van der Waals surface area contributed by atoms with Gasteiger partial charge < -0.3 is 15.1 Å². The number of benzene rings is 1. The van der Waals surface area contributed by atoms with Crippen LogP contribution in [0.2, 0.25) is 5.15 Å². The zero-order chi connectivity index (χ0) is 25.6. The number of nitrogens with zero attached hydrogens (tertiary/aromatic N) is 4. The molecule has 4 heterocycles. The number of fused-ring (bicyclic) bond motifs is 3. The highest BCUT2D eigenvalue weighted by Crippen LogP contribution is 2.42. The summed E-state index contributed by atoms with van der Waals surface area (Å²) in [6, 6.07) is 9.46. The van der Waals surface area contributed by atoms with Crippen molar-refractivity contribution in [3.8, 4) is 11.1 Å². The van der Waals surface area contributed by atoms with Crippen LogP contribution < -0.4 is 10.2 Å². The molecule has 1 saturated heterocycles. The van der Waals surface area contributed by atoms with Gasteiger partial charge in [0.05, 0.1) is 23.4 Å². The van der Waals surface area contributed by atoms with E-state index in [1.165, 1.54) is 17.0 Å². The van der Waals surface area contributed by atoms with Crippen LogP contribution in [0.1, 0.15) is 22.9 Å². The van der Waals surface area contributed by atoms with Gasteiger partial charge in [-0.15, -0.1) is 0 Å². The molecule has 7 nitrogen and oxygen atoms in total. The van der Waals surface area contributed by atoms with Crippen LogP contribution in [0.4, 0.5) is 24.5 Å². The van der Waals surface area contributed by atoms with Crippen molar-refractivity contribution in [2.24, 2.45) is 0 Å². The molecule has 2 aliphatic rings. The molecule has 36 heavy (non-hydrogen) atoms. The van der Waals surface area contributed by atoms with Crippen LogP contribution in [0.3, 0.4) is 0 Å². The fraction of sp³-hybridized carbons (Fsp3) is 0.280. The molecule has 1 aromatic carbocycles. The summed E-state index contributed by atoms with van der Waals surface area (Å²) < 4.78 is 38.5. The zero-order valence-corrected chi connectivity index (χ0v) is 19.9. The van der Waals surface area contributed by atoms with Gasteiger partial charge in [0.1, 0.15) is 11.7 Å². The summed E-state index contributed by atoms with van der Waals surface area (Å²) in [5.74, 6) is -0.770. The second-order valence-corrected chi connectivity index (χ2v) is 9.29. The molecule has 2 aromatic heterocycles. The number of hydrogen-bond donors (Lipinski definition) is 1. The number of hydrogen-bond acceptors (Lipinski definition) is 5. The maximum Gasteiger partial charge on any atom is 0.416 e. The highest BCUT2D eigenvalue weighted by Gasteiger charge is 2.34. The third-order valence-electron chi connectivity index (χ3n) is 6.32. The lowest BCUT2D eigenvalue weighted by Gasteiger charge is -2.36. The quantitative estimate of drug-likeness (QED) is 0.522. The number of pyridine rings is 2. The molecular weight excluding hydrogens is 495 g/mol. The summed E-state index contributed by atoms with van der Waals surface area (Å²) in [6.07, 6.45) is -2.94. The molecule has 0 unspecified atom stereocenters. The highest BCUT2D eigenvalue weighted by molar-refractivity contribution is 6.33. The minimum Gasteiger partial charge on any atom is -0.325 e. The normalized spacial score (nSPS) is 16.1. The summed E-state index contributed by atoms with van der Waals surface area (Å²) in [5.41, 5.74) is 2.26. The number of nitrogens with one attached hydrogen (secondary N) is 1. The highest BCUT2D eigenvalue weighted by atomic mass is 35.5. The Morgan fingerprint density at radius 1 is 1.19 bits per heavy atom. The molecule has 11 heteroatoms. The average Bonchev–Trinajstić information content (AvgIpc) is 2.91. The van der Waals surface area contributed by atoms with E-state index in [0.29, 0.717) is 22.5 Å². The number of halogens is 4. The molecule has 0 atom stereocenters. The minimum absolute atomic E-state index is 0.0454. The van der Waals surface area contributed by atoms with Crippen LogP contribution in [0.5, 0.6) is 0 Å². The SMILES string of the molecule is CN1CC(c2cc3c(c(Cl)n2)-c2cccnc2CC(=O)N3CC(=O)Nc2ccc(C(F)(F)F)cc2)C1. The first-order valence-corrected chi connectivity index (χ1v) is 11.6. The molecule has 0 saturated carbocycles. The van der Waals surface area contributed by atoms with Gasteiger partial charge in [-0.1, -0.05) is 17.7 Å². The fourth-order valence-electron chi connectivity index (χ4n) is 4.52. The number of alkyl halides is 3. The molecule has 0 spiro atoms. The molecule has 3 aromatic rings. The molecule has 1 fully saturated rings. The van der Waals surface area contributed by atoms with Crippen molar-refractivity contribution in [1.29, 1.82) is 0 Å². The second kappa shape index (κ2) is 9.18. The number of rotatable bonds is 4. The van der Waals surface area contributed by atoms with E-state index >= 15 is 0 Å². The summed E-state index contributed by atoms with van der Waals surface area (Å²) >= 11 is 6.66. The maximum absolute atomic E-state index is 13.3. The lowest BCUT2D eigenvalue weighted by Crippen LogP contribution is -2.42. The number of aromatic nitrogens is 2. The molecule has 0 radical (unpaired) electrons. The van der Waals surface area contributed by atoms with Crippen molar-refractivity contribution in [3.63, 3.8) is 0 Å². The molecule has 186 valence electrons. The van der Waals surface area contributed by atoms with Gasteiger partial charge >= 0.3 is 6.18 Å². The largest absolute Gasteiger partial charge is 0.416 e. The Bertz CT molecular complexity index is 1340. The number of likely N-dealkylation sites (N-methyl/N-ethyl adjacent to an activating group) is 1. The Morgan fingerprint density at radius 3 is 2.58 bits per heavy atom. The first-order chi connectivity index (χ1) is 17.1. The predicted octanol–water partition coefficient (Wildman–Crippen LogP) is 4.37. The standard InChI is InChI=1S/C25H21ClF3N5O2/c1-33-11-14(12-33)18-9-20-23(24(26)32-18)17-3-2-8-30-19(17)10-22(36)34(20)13-21(35)31-16-6-4-15(5-7-16)25(27,28)29/h2-9,14H,10-13H2,1H3,(H,31,35). The average molecular weight is 516 g/mol. The van der Waals surface area contributed by atoms with Crippen LogP contribution in [-0.2, 0) is 22.2 Å². The van der Waals surface area contributed by atoms with E-state index < -0.39 is 17.6 Å². The topological polar surface area (TPSA) is 78.4 Å². The van der Waals surface area contributed by atoms with Gasteiger partial charge in [0.2, 0.25) is 11.8 Å². The van der Waals surface area contributed by atoms with Crippen molar-refractivity contribution in [2.45, 2.75) is 18.5 Å². The molecular formula is C25H21ClF3N5O2. The van der Waals surface area contributed by atoms with Crippen LogP contribution >= 0.6 is 11.6 Å². The van der Waals surface area contributed by atoms with Gasteiger partial charge in [0.15, 0.2) is 0 Å². The smallest absolute Gasteiger partial charge is 0.325 e. The number of carbonyl (C=O) groups is 2. The third kappa shape index (κ3) is 4.66. The van der Waals surface area contributed by atoms with Crippen molar-refractivity contribution in [1.82, 2.24) is 14.9 Å². The van der Waals surface area contributed by atoms with E-state index in [4.69, 9.17) is 11.6 Å². The number of amides is 2. The van der Waals surface area contributed by atoms with Gasteiger partial charge in [-0.2, -0.15) is 13.2 Å². The maximum atomic E-state index is 13.3. The second-order valence-electron chi connectivity index (χ2n) is 8.93. The van der Waals surface area contributed by atoms with Gasteiger partial charge in [-0.3, -0.25) is 14.6 Å². The van der Waals surface area contributed by atoms with E-state index in [1.807, 2.05) is 13.1 Å². The summed E-state index contributed by atoms with van der Waals surface area (Å²) in [6.45, 7) is 1.23. The van der Waals surface area contributed by atoms with Crippen molar-refractivity contribution in [2.75, 3.05) is 36.9 Å². The van der Waals surface area contributed by atoms with Gasteiger partial charge in [-0.25, -0.2) is 4.98 Å². The lowest BCUT2D eigenvalue weighted by atomic mass is 9.94. The molecule has 0 aliphatic carbocycles. The lowest BCUT2D eigenvalue weighted by molar-refractivity contribution is -0.137. The van der Waals surface area contributed by atoms with E-state index in [1.54, 1.807) is 18.3 Å². The molecule has 2 amide bonds. The van der Waals surface area contributed by atoms with Gasteiger partial charge in [0.25, 0.3) is 0 Å². The van der Waals surface area contributed by atoms with Crippen LogP contribution in [0, 0.1) is 0 Å². The third-order valence-corrected chi connectivity index (χ3v) is 6.60. The fourth-order valence-corrected chi connectivity index (χ4v) is 4.81. The van der Waals surface area contributed by atoms with E-state index in [9.17, 15) is 22.8 Å².